The molecule has 0 N–H and O–H groups in total. The van der Waals surface area contributed by atoms with Crippen LogP contribution in [0.25, 0.3) is 0 Å². The number of aryl methyl sites for hydroxylation is 1. The fourth-order valence-corrected chi connectivity index (χ4v) is 3.95. The van der Waals surface area contributed by atoms with Crippen molar-refractivity contribution in [1.29, 1.82) is 0 Å². The number of hydrogen-bond donors (Lipinski definition) is 0. The molecule has 3 heteroatoms. The van der Waals surface area contributed by atoms with Crippen LogP contribution in [-0.4, -0.2) is 11.1 Å². The topological polar surface area (TPSA) is 13.1 Å². The molecular weight excluding hydrogens is 272 g/mol. The highest BCUT2D eigenvalue weighted by Crippen LogP contribution is 2.23. The van der Waals surface area contributed by atoms with Gasteiger partial charge in [-0.2, -0.15) is 11.8 Å². The number of thioether (sulfide) groups is 1. The van der Waals surface area contributed by atoms with Gasteiger partial charge in [0.2, 0.25) is 0 Å². The summed E-state index contributed by atoms with van der Waals surface area (Å²) in [6, 6.07) is 2.03. The zero-order chi connectivity index (χ0) is 11.3. The van der Waals surface area contributed by atoms with E-state index >= 15 is 0 Å². The fourth-order valence-electron chi connectivity index (χ4n) is 1.27. The highest BCUT2D eigenvalue weighted by atomic mass is 79.9. The Morgan fingerprint density at radius 1 is 1.47 bits per heavy atom. The van der Waals surface area contributed by atoms with E-state index in [2.05, 4.69) is 36.7 Å². The molecule has 86 valence electrons. The van der Waals surface area contributed by atoms with E-state index in [1.165, 1.54) is 11.3 Å². The third kappa shape index (κ3) is 4.23. The van der Waals surface area contributed by atoms with Crippen LogP contribution in [0.1, 0.15) is 25.2 Å². The second-order valence-corrected chi connectivity index (χ2v) is 5.88. The molecule has 1 unspecified atom stereocenters. The monoisotopic (exact) mass is 290 g/mol. The highest BCUT2D eigenvalue weighted by molar-refractivity contribution is 9.09. The first kappa shape index (κ1) is 13.2. The van der Waals surface area contributed by atoms with Crippen molar-refractivity contribution in [3.05, 3.63) is 23.7 Å². The van der Waals surface area contributed by atoms with Crippen LogP contribution in [0.2, 0.25) is 0 Å². The van der Waals surface area contributed by atoms with Crippen molar-refractivity contribution in [2.75, 3.05) is 11.1 Å². The lowest BCUT2D eigenvalue weighted by molar-refractivity contribution is 0.474. The molecule has 0 radical (unpaired) electrons. The van der Waals surface area contributed by atoms with Crippen molar-refractivity contribution >= 4 is 27.7 Å². The molecule has 0 aliphatic carbocycles. The van der Waals surface area contributed by atoms with Crippen molar-refractivity contribution in [3.63, 3.8) is 0 Å². The van der Waals surface area contributed by atoms with Crippen LogP contribution in [0, 0.1) is 18.8 Å². The molecule has 15 heavy (non-hydrogen) atoms. The van der Waals surface area contributed by atoms with Gasteiger partial charge in [-0.05, 0) is 36.1 Å². The molecule has 0 aromatic carbocycles. The molecular formula is C12H19BrOS. The largest absolute Gasteiger partial charge is 0.468 e. The van der Waals surface area contributed by atoms with E-state index < -0.39 is 0 Å². The van der Waals surface area contributed by atoms with Crippen molar-refractivity contribution in [2.45, 2.75) is 26.5 Å². The molecule has 0 saturated carbocycles. The first-order valence-corrected chi connectivity index (χ1v) is 7.59. The molecule has 0 saturated heterocycles. The van der Waals surface area contributed by atoms with Crippen LogP contribution >= 0.6 is 27.7 Å². The van der Waals surface area contributed by atoms with Crippen molar-refractivity contribution in [3.8, 4) is 0 Å². The number of hydrogen-bond acceptors (Lipinski definition) is 2. The minimum atomic E-state index is 0.745. The lowest BCUT2D eigenvalue weighted by Crippen LogP contribution is -2.13. The summed E-state index contributed by atoms with van der Waals surface area (Å²) >= 11 is 5.54. The Hall–Kier alpha value is 0.110. The van der Waals surface area contributed by atoms with Gasteiger partial charge >= 0.3 is 0 Å². The van der Waals surface area contributed by atoms with Crippen molar-refractivity contribution < 1.29 is 4.42 Å². The number of furan rings is 1. The molecule has 0 aliphatic heterocycles. The van der Waals surface area contributed by atoms with E-state index in [1.54, 1.807) is 6.26 Å². The molecule has 0 fully saturated rings. The standard InChI is InChI=1S/C12H19BrOS/c1-9(2)11(6-13)7-15-8-12-10(3)4-5-14-12/h4-5,9,11H,6-8H2,1-3H3. The summed E-state index contributed by atoms with van der Waals surface area (Å²) in [5.74, 6) is 4.81. The lowest BCUT2D eigenvalue weighted by atomic mass is 10.0. The smallest absolute Gasteiger partial charge is 0.116 e. The third-order valence-electron chi connectivity index (χ3n) is 2.67. The van der Waals surface area contributed by atoms with Gasteiger partial charge in [0, 0.05) is 5.33 Å². The maximum Gasteiger partial charge on any atom is 0.116 e. The maximum atomic E-state index is 5.41. The zero-order valence-electron chi connectivity index (χ0n) is 9.63. The van der Waals surface area contributed by atoms with Gasteiger partial charge in [-0.25, -0.2) is 0 Å². The molecule has 1 aromatic rings. The van der Waals surface area contributed by atoms with Crippen LogP contribution in [0.15, 0.2) is 16.7 Å². The van der Waals surface area contributed by atoms with E-state index in [0.29, 0.717) is 0 Å². The molecule has 1 nitrogen and oxygen atoms in total. The van der Waals surface area contributed by atoms with Gasteiger partial charge in [0.1, 0.15) is 5.76 Å². The van der Waals surface area contributed by atoms with Gasteiger partial charge in [0.25, 0.3) is 0 Å². The normalized spacial score (nSPS) is 13.4. The Morgan fingerprint density at radius 3 is 2.67 bits per heavy atom. The average molecular weight is 291 g/mol. The van der Waals surface area contributed by atoms with E-state index in [4.69, 9.17) is 4.42 Å². The van der Waals surface area contributed by atoms with E-state index in [1.807, 2.05) is 17.8 Å². The molecule has 1 heterocycles. The quantitative estimate of drug-likeness (QED) is 0.716. The minimum Gasteiger partial charge on any atom is -0.468 e. The van der Waals surface area contributed by atoms with Gasteiger partial charge in [-0.1, -0.05) is 29.8 Å². The summed E-state index contributed by atoms with van der Waals surface area (Å²) in [5, 5.41) is 1.09. The number of halogens is 1. The molecule has 1 atom stereocenters. The Bertz CT molecular complexity index is 283. The van der Waals surface area contributed by atoms with Crippen LogP contribution in [-0.2, 0) is 5.75 Å². The Kier molecular flexibility index (Phi) is 5.83. The Balaban J connectivity index is 2.29. The van der Waals surface area contributed by atoms with Gasteiger partial charge < -0.3 is 4.42 Å². The summed E-state index contributed by atoms with van der Waals surface area (Å²) in [4.78, 5) is 0. The molecule has 0 amide bonds. The van der Waals surface area contributed by atoms with Gasteiger partial charge in [0.05, 0.1) is 12.0 Å². The molecule has 1 aromatic heterocycles. The summed E-state index contributed by atoms with van der Waals surface area (Å²) < 4.78 is 5.41. The van der Waals surface area contributed by atoms with Crippen molar-refractivity contribution in [2.24, 2.45) is 11.8 Å². The minimum absolute atomic E-state index is 0.745. The summed E-state index contributed by atoms with van der Waals surface area (Å²) in [6.45, 7) is 6.67. The van der Waals surface area contributed by atoms with Gasteiger partial charge in [-0.3, -0.25) is 0 Å². The van der Waals surface area contributed by atoms with Crippen LogP contribution < -0.4 is 0 Å². The van der Waals surface area contributed by atoms with Gasteiger partial charge in [0.15, 0.2) is 0 Å². The van der Waals surface area contributed by atoms with E-state index in [-0.39, 0.29) is 0 Å². The zero-order valence-corrected chi connectivity index (χ0v) is 12.0. The lowest BCUT2D eigenvalue weighted by Gasteiger charge is -2.17. The van der Waals surface area contributed by atoms with Gasteiger partial charge in [-0.15, -0.1) is 0 Å². The first-order chi connectivity index (χ1) is 7.15. The molecule has 0 spiro atoms. The van der Waals surface area contributed by atoms with Crippen LogP contribution in [0.3, 0.4) is 0 Å². The predicted octanol–water partition coefficient (Wildman–Crippen LogP) is 4.49. The number of rotatable bonds is 6. The Labute approximate surface area is 105 Å². The SMILES string of the molecule is Cc1ccoc1CSCC(CBr)C(C)C. The molecule has 0 aliphatic rings. The van der Waals surface area contributed by atoms with Crippen molar-refractivity contribution in [1.82, 2.24) is 0 Å². The van der Waals surface area contributed by atoms with E-state index in [0.717, 1.165) is 28.7 Å². The number of alkyl halides is 1. The second-order valence-electron chi connectivity index (χ2n) is 4.20. The summed E-state index contributed by atoms with van der Waals surface area (Å²) in [6.07, 6.45) is 1.77. The molecule has 1 rings (SSSR count). The maximum absolute atomic E-state index is 5.41. The molecule has 0 bridgehead atoms. The van der Waals surface area contributed by atoms with Crippen LogP contribution in [0.4, 0.5) is 0 Å². The highest BCUT2D eigenvalue weighted by Gasteiger charge is 2.12. The summed E-state index contributed by atoms with van der Waals surface area (Å²) in [7, 11) is 0. The van der Waals surface area contributed by atoms with E-state index in [9.17, 15) is 0 Å². The second kappa shape index (κ2) is 6.64. The summed E-state index contributed by atoms with van der Waals surface area (Å²) in [5.41, 5.74) is 1.27. The first-order valence-electron chi connectivity index (χ1n) is 5.31. The third-order valence-corrected chi connectivity index (χ3v) is 4.64. The fraction of sp³-hybridized carbons (Fsp3) is 0.667. The predicted molar refractivity (Wildman–Crippen MR) is 71.7 cm³/mol. The van der Waals surface area contributed by atoms with Crippen LogP contribution in [0.5, 0.6) is 0 Å². The Morgan fingerprint density at radius 2 is 2.20 bits per heavy atom. The average Bonchev–Trinajstić information content (AvgIpc) is 2.58.